The summed E-state index contributed by atoms with van der Waals surface area (Å²) in [7, 11) is 3.40. The van der Waals surface area contributed by atoms with Crippen LogP contribution in [-0.4, -0.2) is 39.2 Å². The van der Waals surface area contributed by atoms with Gasteiger partial charge >= 0.3 is 5.69 Å². The summed E-state index contributed by atoms with van der Waals surface area (Å²) in [6, 6.07) is 10.1. The number of fused-ring (bicyclic) bond motifs is 1. The molecule has 0 N–H and O–H groups in total. The van der Waals surface area contributed by atoms with Gasteiger partial charge in [-0.2, -0.15) is 0 Å². The minimum atomic E-state index is -0.344. The molecule has 0 spiro atoms. The normalized spacial score (nSPS) is 13.9. The van der Waals surface area contributed by atoms with E-state index in [-0.39, 0.29) is 11.2 Å². The Labute approximate surface area is 182 Å². The van der Waals surface area contributed by atoms with E-state index in [1.165, 1.54) is 9.13 Å². The fourth-order valence-corrected chi connectivity index (χ4v) is 4.46. The highest BCUT2D eigenvalue weighted by atomic mass is 32.2. The molecule has 0 atom stereocenters. The first kappa shape index (κ1) is 19.8. The van der Waals surface area contributed by atoms with E-state index in [4.69, 9.17) is 10.1 Å². The number of imidazole rings is 1. The predicted molar refractivity (Wildman–Crippen MR) is 119 cm³/mol. The Bertz CT molecular complexity index is 1360. The van der Waals surface area contributed by atoms with Gasteiger partial charge in [0.25, 0.3) is 5.56 Å². The van der Waals surface area contributed by atoms with Crippen LogP contribution in [0.1, 0.15) is 31.0 Å². The van der Waals surface area contributed by atoms with Crippen molar-refractivity contribution in [1.29, 1.82) is 0 Å². The number of nitrogens with zero attached hydrogens (tertiary/aromatic N) is 7. The molecule has 31 heavy (non-hydrogen) atoms. The van der Waals surface area contributed by atoms with Crippen molar-refractivity contribution in [3.63, 3.8) is 0 Å². The van der Waals surface area contributed by atoms with Crippen LogP contribution in [-0.2, 0) is 20.6 Å². The zero-order valence-electron chi connectivity index (χ0n) is 17.4. The molecule has 3 heterocycles. The highest BCUT2D eigenvalue weighted by Gasteiger charge is 2.30. The van der Waals surface area contributed by atoms with Crippen molar-refractivity contribution < 1.29 is 0 Å². The third-order valence-electron chi connectivity index (χ3n) is 5.51. The first-order chi connectivity index (χ1) is 15.0. The fourth-order valence-electron chi connectivity index (χ4n) is 3.71. The first-order valence-corrected chi connectivity index (χ1v) is 11.3. The molecule has 1 saturated carbocycles. The van der Waals surface area contributed by atoms with Crippen molar-refractivity contribution in [3.8, 4) is 5.69 Å². The Kier molecular flexibility index (Phi) is 5.01. The van der Waals surface area contributed by atoms with Gasteiger partial charge in [0.2, 0.25) is 5.16 Å². The molecule has 0 unspecified atom stereocenters. The third-order valence-corrected chi connectivity index (χ3v) is 6.44. The van der Waals surface area contributed by atoms with Gasteiger partial charge in [-0.3, -0.25) is 13.9 Å². The summed E-state index contributed by atoms with van der Waals surface area (Å²) >= 11 is 1.55. The maximum absolute atomic E-state index is 12.8. The lowest BCUT2D eigenvalue weighted by atomic mass is 10.3. The molecule has 1 aliphatic rings. The van der Waals surface area contributed by atoms with Crippen LogP contribution in [0.2, 0.25) is 0 Å². The Balaban J connectivity index is 1.31. The second kappa shape index (κ2) is 7.84. The average molecular weight is 438 g/mol. The van der Waals surface area contributed by atoms with E-state index >= 15 is 0 Å². The summed E-state index contributed by atoms with van der Waals surface area (Å²) < 4.78 is 6.31. The highest BCUT2D eigenvalue weighted by molar-refractivity contribution is 7.99. The minimum absolute atomic E-state index is 0.300. The summed E-state index contributed by atoms with van der Waals surface area (Å²) in [5.41, 5.74) is 1.22. The Morgan fingerprint density at radius 2 is 1.90 bits per heavy atom. The van der Waals surface area contributed by atoms with Gasteiger partial charge in [0.1, 0.15) is 5.82 Å². The minimum Gasteiger partial charge on any atom is -0.328 e. The summed E-state index contributed by atoms with van der Waals surface area (Å²) in [6.45, 7) is 0.342. The zero-order valence-corrected chi connectivity index (χ0v) is 18.2. The molecule has 10 heteroatoms. The van der Waals surface area contributed by atoms with Crippen molar-refractivity contribution in [2.24, 2.45) is 14.1 Å². The molecule has 0 saturated heterocycles. The van der Waals surface area contributed by atoms with Crippen LogP contribution in [0, 0.1) is 0 Å². The van der Waals surface area contributed by atoms with Crippen LogP contribution >= 0.6 is 11.8 Å². The summed E-state index contributed by atoms with van der Waals surface area (Å²) in [6.07, 6.45) is 4.51. The highest BCUT2D eigenvalue weighted by Crippen LogP contribution is 2.40. The smallest absolute Gasteiger partial charge is 0.328 e. The lowest BCUT2D eigenvalue weighted by Gasteiger charge is -2.08. The molecule has 1 aliphatic carbocycles. The number of para-hydroxylation sites is 1. The molecule has 0 bridgehead atoms. The topological polar surface area (TPSA) is 92.5 Å². The van der Waals surface area contributed by atoms with Crippen molar-refractivity contribution in [1.82, 2.24) is 33.4 Å². The maximum Gasteiger partial charge on any atom is 0.332 e. The molecule has 0 radical (unpaired) electrons. The van der Waals surface area contributed by atoms with Gasteiger partial charge in [-0.05, 0) is 31.4 Å². The Hall–Kier alpha value is -3.14. The Morgan fingerprint density at radius 3 is 2.65 bits per heavy atom. The van der Waals surface area contributed by atoms with Crippen molar-refractivity contribution in [2.45, 2.75) is 36.9 Å². The lowest BCUT2D eigenvalue weighted by Crippen LogP contribution is -2.39. The number of benzene rings is 1. The van der Waals surface area contributed by atoms with E-state index in [9.17, 15) is 9.59 Å². The van der Waals surface area contributed by atoms with Crippen LogP contribution < -0.4 is 11.2 Å². The van der Waals surface area contributed by atoms with Gasteiger partial charge in [0.15, 0.2) is 11.2 Å². The maximum atomic E-state index is 12.8. The molecule has 0 aliphatic heterocycles. The van der Waals surface area contributed by atoms with E-state index in [1.54, 1.807) is 36.8 Å². The molecule has 3 aromatic heterocycles. The van der Waals surface area contributed by atoms with Crippen LogP contribution in [0.25, 0.3) is 16.9 Å². The largest absolute Gasteiger partial charge is 0.332 e. The number of rotatable bonds is 7. The second-order valence-electron chi connectivity index (χ2n) is 7.80. The molecule has 0 amide bonds. The van der Waals surface area contributed by atoms with Gasteiger partial charge in [-0.25, -0.2) is 19.4 Å². The van der Waals surface area contributed by atoms with Crippen molar-refractivity contribution in [2.75, 3.05) is 5.75 Å². The number of aryl methyl sites for hydroxylation is 2. The number of thioether (sulfide) groups is 1. The lowest BCUT2D eigenvalue weighted by molar-refractivity contribution is 0.594. The van der Waals surface area contributed by atoms with Crippen LogP contribution in [0.5, 0.6) is 0 Å². The number of hydrogen-bond donors (Lipinski definition) is 0. The zero-order chi connectivity index (χ0) is 21.5. The molecule has 4 aromatic rings. The summed E-state index contributed by atoms with van der Waals surface area (Å²) in [4.78, 5) is 34.3. The third kappa shape index (κ3) is 3.60. The quantitative estimate of drug-likeness (QED) is 0.325. The molecular weight excluding hydrogens is 414 g/mol. The molecule has 9 nitrogen and oxygen atoms in total. The fraction of sp³-hybridized carbons (Fsp3) is 0.381. The van der Waals surface area contributed by atoms with Crippen LogP contribution in [0.3, 0.4) is 0 Å². The van der Waals surface area contributed by atoms with Crippen LogP contribution in [0.4, 0.5) is 0 Å². The van der Waals surface area contributed by atoms with Gasteiger partial charge in [-0.15, -0.1) is 5.10 Å². The van der Waals surface area contributed by atoms with Gasteiger partial charge in [-0.1, -0.05) is 30.0 Å². The van der Waals surface area contributed by atoms with E-state index in [0.29, 0.717) is 35.8 Å². The number of hydrogen-bond acceptors (Lipinski definition) is 6. The van der Waals surface area contributed by atoms with E-state index in [1.807, 2.05) is 35.0 Å². The predicted octanol–water partition coefficient (Wildman–Crippen LogP) is 2.07. The molecule has 5 rings (SSSR count). The Morgan fingerprint density at radius 1 is 1.13 bits per heavy atom. The van der Waals surface area contributed by atoms with Crippen LogP contribution in [0.15, 0.2) is 51.4 Å². The van der Waals surface area contributed by atoms with Gasteiger partial charge < -0.3 is 4.57 Å². The number of aromatic nitrogens is 7. The average Bonchev–Trinajstić information content (AvgIpc) is 3.42. The van der Waals surface area contributed by atoms with E-state index in [0.717, 1.165) is 29.5 Å². The first-order valence-electron chi connectivity index (χ1n) is 10.3. The van der Waals surface area contributed by atoms with Crippen molar-refractivity contribution in [3.05, 3.63) is 63.3 Å². The monoisotopic (exact) mass is 437 g/mol. The second-order valence-corrected chi connectivity index (χ2v) is 8.86. The standard InChI is InChI=1S/C21H23N7O2S/c1-25-13-22-18-16(25)19(29)27(21(30)26(18)2)11-6-12-31-20-23-17(14-9-10-14)28(24-20)15-7-4-3-5-8-15/h3-5,7-8,13-14H,6,9-12H2,1-2H3. The SMILES string of the molecule is Cn1cnc2c1c(=O)n(CCCSc1nc(C3CC3)n(-c3ccccc3)n1)c(=O)n2C. The van der Waals surface area contributed by atoms with Gasteiger partial charge in [0.05, 0.1) is 12.0 Å². The molecule has 160 valence electrons. The summed E-state index contributed by atoms with van der Waals surface area (Å²) in [5.74, 6) is 2.21. The van der Waals surface area contributed by atoms with E-state index in [2.05, 4.69) is 4.98 Å². The van der Waals surface area contributed by atoms with Gasteiger partial charge in [0, 0.05) is 32.3 Å². The molecule has 1 aromatic carbocycles. The molecule has 1 fully saturated rings. The summed E-state index contributed by atoms with van der Waals surface area (Å²) in [5, 5.41) is 5.43. The molecular formula is C21H23N7O2S. The van der Waals surface area contributed by atoms with Crippen molar-refractivity contribution >= 4 is 22.9 Å². The van der Waals surface area contributed by atoms with E-state index < -0.39 is 0 Å².